The Kier molecular flexibility index (Phi) is 9.30. The van der Waals surface area contributed by atoms with Crippen LogP contribution in [-0.2, 0) is 14.9 Å². The SMILES string of the molecule is CSCC[C@@H](NC(=O)c1ccccc1)C(=O)OCCC(C#N)(c1ccccc1)c1ccccc1. The molecule has 0 heterocycles. The van der Waals surface area contributed by atoms with Crippen molar-refractivity contribution >= 4 is 23.6 Å². The largest absolute Gasteiger partial charge is 0.464 e. The number of thioether (sulfide) groups is 1. The van der Waals surface area contributed by atoms with Gasteiger partial charge in [-0.15, -0.1) is 0 Å². The lowest BCUT2D eigenvalue weighted by atomic mass is 9.73. The van der Waals surface area contributed by atoms with E-state index in [2.05, 4.69) is 11.4 Å². The molecular weight excluding hydrogens is 444 g/mol. The number of hydrogen-bond acceptors (Lipinski definition) is 5. The minimum Gasteiger partial charge on any atom is -0.464 e. The summed E-state index contributed by atoms with van der Waals surface area (Å²) in [6.45, 7) is 0.0488. The zero-order valence-electron chi connectivity index (χ0n) is 19.1. The summed E-state index contributed by atoms with van der Waals surface area (Å²) >= 11 is 1.59. The zero-order chi connectivity index (χ0) is 24.2. The molecule has 0 fully saturated rings. The molecule has 174 valence electrons. The van der Waals surface area contributed by atoms with E-state index in [1.165, 1.54) is 0 Å². The molecular formula is C28H28N2O3S. The maximum atomic E-state index is 12.9. The molecule has 0 aliphatic carbocycles. The summed E-state index contributed by atoms with van der Waals surface area (Å²) in [6.07, 6.45) is 2.70. The van der Waals surface area contributed by atoms with E-state index in [1.807, 2.05) is 73.0 Å². The van der Waals surface area contributed by atoms with E-state index >= 15 is 0 Å². The molecule has 34 heavy (non-hydrogen) atoms. The molecule has 3 rings (SSSR count). The first-order valence-corrected chi connectivity index (χ1v) is 12.5. The summed E-state index contributed by atoms with van der Waals surface area (Å²) in [7, 11) is 0. The maximum Gasteiger partial charge on any atom is 0.328 e. The van der Waals surface area contributed by atoms with Crippen molar-refractivity contribution in [2.45, 2.75) is 24.3 Å². The van der Waals surface area contributed by atoms with E-state index < -0.39 is 17.4 Å². The van der Waals surface area contributed by atoms with Crippen LogP contribution in [0.15, 0.2) is 91.0 Å². The van der Waals surface area contributed by atoms with E-state index in [1.54, 1.807) is 36.0 Å². The van der Waals surface area contributed by atoms with Gasteiger partial charge in [0.2, 0.25) is 0 Å². The summed E-state index contributed by atoms with van der Waals surface area (Å²) in [4.78, 5) is 25.5. The number of hydrogen-bond donors (Lipinski definition) is 1. The smallest absolute Gasteiger partial charge is 0.328 e. The van der Waals surface area contributed by atoms with Gasteiger partial charge >= 0.3 is 5.97 Å². The number of nitrogens with one attached hydrogen (secondary N) is 1. The van der Waals surface area contributed by atoms with Crippen LogP contribution in [0, 0.1) is 11.3 Å². The average Bonchev–Trinajstić information content (AvgIpc) is 2.90. The van der Waals surface area contributed by atoms with E-state index in [4.69, 9.17) is 4.74 Å². The topological polar surface area (TPSA) is 79.2 Å². The van der Waals surface area contributed by atoms with Crippen LogP contribution < -0.4 is 5.32 Å². The third kappa shape index (κ3) is 6.27. The fourth-order valence-electron chi connectivity index (χ4n) is 3.81. The van der Waals surface area contributed by atoms with Crippen molar-refractivity contribution in [3.05, 3.63) is 108 Å². The van der Waals surface area contributed by atoms with E-state index in [-0.39, 0.29) is 12.5 Å². The number of amides is 1. The molecule has 3 aromatic rings. The number of rotatable bonds is 11. The van der Waals surface area contributed by atoms with Crippen LogP contribution in [0.3, 0.4) is 0 Å². The Bertz CT molecular complexity index is 1060. The van der Waals surface area contributed by atoms with E-state index in [0.717, 1.165) is 11.1 Å². The maximum absolute atomic E-state index is 12.9. The summed E-state index contributed by atoms with van der Waals surface area (Å²) in [5.41, 5.74) is 1.22. The molecule has 0 spiro atoms. The second kappa shape index (κ2) is 12.6. The first-order valence-electron chi connectivity index (χ1n) is 11.1. The van der Waals surface area contributed by atoms with Crippen molar-refractivity contribution in [2.75, 3.05) is 18.6 Å². The molecule has 0 saturated carbocycles. The monoisotopic (exact) mass is 472 g/mol. The normalized spacial score (nSPS) is 11.8. The van der Waals surface area contributed by atoms with Gasteiger partial charge in [-0.2, -0.15) is 17.0 Å². The predicted octanol–water partition coefficient (Wildman–Crippen LogP) is 4.98. The summed E-state index contributed by atoms with van der Waals surface area (Å²) < 4.78 is 5.62. The lowest BCUT2D eigenvalue weighted by Gasteiger charge is -2.28. The summed E-state index contributed by atoms with van der Waals surface area (Å²) in [5.74, 6) is -0.111. The van der Waals surface area contributed by atoms with Crippen molar-refractivity contribution in [3.63, 3.8) is 0 Å². The highest BCUT2D eigenvalue weighted by Gasteiger charge is 2.35. The lowest BCUT2D eigenvalue weighted by Crippen LogP contribution is -2.42. The van der Waals surface area contributed by atoms with Gasteiger partial charge in [-0.05, 0) is 41.7 Å². The van der Waals surface area contributed by atoms with Gasteiger partial charge < -0.3 is 10.1 Å². The number of nitriles is 1. The molecule has 1 amide bonds. The van der Waals surface area contributed by atoms with Crippen LogP contribution >= 0.6 is 11.8 Å². The van der Waals surface area contributed by atoms with E-state index in [0.29, 0.717) is 24.2 Å². The van der Waals surface area contributed by atoms with Gasteiger partial charge in [-0.25, -0.2) is 4.79 Å². The van der Waals surface area contributed by atoms with Crippen molar-refractivity contribution in [1.29, 1.82) is 5.26 Å². The second-order valence-electron chi connectivity index (χ2n) is 7.84. The zero-order valence-corrected chi connectivity index (χ0v) is 20.0. The minimum absolute atomic E-state index is 0.0488. The van der Waals surface area contributed by atoms with Gasteiger partial charge in [0, 0.05) is 12.0 Å². The second-order valence-corrected chi connectivity index (χ2v) is 8.83. The number of nitrogens with zero attached hydrogens (tertiary/aromatic N) is 1. The molecule has 0 radical (unpaired) electrons. The number of carbonyl (C=O) groups is 2. The summed E-state index contributed by atoms with van der Waals surface area (Å²) in [6, 6.07) is 29.6. The molecule has 0 bridgehead atoms. The van der Waals surface area contributed by atoms with E-state index in [9.17, 15) is 14.9 Å². The Morgan fingerprint density at radius 1 is 0.941 bits per heavy atom. The Morgan fingerprint density at radius 3 is 1.97 bits per heavy atom. The fourth-order valence-corrected chi connectivity index (χ4v) is 4.28. The van der Waals surface area contributed by atoms with Crippen molar-refractivity contribution in [1.82, 2.24) is 5.32 Å². The average molecular weight is 473 g/mol. The van der Waals surface area contributed by atoms with Gasteiger partial charge in [0.1, 0.15) is 11.5 Å². The first kappa shape index (κ1) is 25.1. The van der Waals surface area contributed by atoms with Gasteiger partial charge in [0.05, 0.1) is 12.7 Å². The summed E-state index contributed by atoms with van der Waals surface area (Å²) in [5, 5.41) is 13.1. The molecule has 0 unspecified atom stereocenters. The Morgan fingerprint density at radius 2 is 1.47 bits per heavy atom. The Hall–Kier alpha value is -3.56. The first-order chi connectivity index (χ1) is 16.6. The van der Waals surface area contributed by atoms with Gasteiger partial charge in [0.15, 0.2) is 0 Å². The number of benzene rings is 3. The van der Waals surface area contributed by atoms with Crippen LogP contribution in [0.4, 0.5) is 0 Å². The van der Waals surface area contributed by atoms with Crippen molar-refractivity contribution in [2.24, 2.45) is 0 Å². The minimum atomic E-state index is -0.954. The Labute approximate surface area is 205 Å². The lowest BCUT2D eigenvalue weighted by molar-refractivity contribution is -0.146. The molecule has 5 nitrogen and oxygen atoms in total. The van der Waals surface area contributed by atoms with Crippen LogP contribution in [0.25, 0.3) is 0 Å². The number of esters is 1. The third-order valence-corrected chi connectivity index (χ3v) is 6.33. The molecule has 1 atom stereocenters. The molecule has 0 aromatic heterocycles. The third-order valence-electron chi connectivity index (χ3n) is 5.68. The number of ether oxygens (including phenoxy) is 1. The highest BCUT2D eigenvalue weighted by atomic mass is 32.2. The predicted molar refractivity (Wildman–Crippen MR) is 136 cm³/mol. The molecule has 3 aromatic carbocycles. The highest BCUT2D eigenvalue weighted by Crippen LogP contribution is 2.35. The standard InChI is InChI=1S/C28H28N2O3S/c1-34-20-17-25(30-26(31)22-11-5-2-6-12-22)27(32)33-19-18-28(21-29,23-13-7-3-8-14-23)24-15-9-4-10-16-24/h2-16,25H,17-20H2,1H3,(H,30,31)/t25-/m1/s1. The van der Waals surface area contributed by atoms with Crippen LogP contribution in [0.2, 0.25) is 0 Å². The number of carbonyl (C=O) groups excluding carboxylic acids is 2. The molecule has 0 saturated heterocycles. The molecule has 0 aliphatic heterocycles. The van der Waals surface area contributed by atoms with Crippen LogP contribution in [0.5, 0.6) is 0 Å². The van der Waals surface area contributed by atoms with Crippen LogP contribution in [0.1, 0.15) is 34.3 Å². The van der Waals surface area contributed by atoms with Gasteiger partial charge in [-0.3, -0.25) is 4.79 Å². The highest BCUT2D eigenvalue weighted by molar-refractivity contribution is 7.98. The van der Waals surface area contributed by atoms with Crippen molar-refractivity contribution < 1.29 is 14.3 Å². The Balaban J connectivity index is 1.73. The van der Waals surface area contributed by atoms with Gasteiger partial charge in [0.25, 0.3) is 5.91 Å². The van der Waals surface area contributed by atoms with Crippen molar-refractivity contribution in [3.8, 4) is 6.07 Å². The molecule has 1 N–H and O–H groups in total. The molecule has 0 aliphatic rings. The molecule has 6 heteroatoms. The quantitative estimate of drug-likeness (QED) is 0.398. The fraction of sp³-hybridized carbons (Fsp3) is 0.250. The van der Waals surface area contributed by atoms with Gasteiger partial charge in [-0.1, -0.05) is 78.9 Å². The van der Waals surface area contributed by atoms with Crippen LogP contribution in [-0.4, -0.2) is 36.5 Å².